The van der Waals surface area contributed by atoms with Gasteiger partial charge in [0.05, 0.1) is 12.0 Å². The van der Waals surface area contributed by atoms with Crippen molar-refractivity contribution in [2.75, 3.05) is 11.9 Å². The molecular weight excluding hydrogens is 499 g/mol. The lowest BCUT2D eigenvalue weighted by molar-refractivity contribution is -0.141. The van der Waals surface area contributed by atoms with Crippen molar-refractivity contribution < 1.29 is 23.6 Å². The quantitative estimate of drug-likeness (QED) is 0.212. The van der Waals surface area contributed by atoms with Crippen LogP contribution in [0.4, 0.5) is 10.1 Å². The zero-order chi connectivity index (χ0) is 27.9. The SMILES string of the molecule is CCC(CNC(=O)c1ccc(NC(c2ccc(-c3noc(-c4ccc(F)cc4)n3)cc2)C(C)C)cc1)C(=O)O. The fraction of sp³-hybridized carbons (Fsp3) is 0.267. The van der Waals surface area contributed by atoms with Gasteiger partial charge in [0.15, 0.2) is 0 Å². The van der Waals surface area contributed by atoms with Crippen LogP contribution in [0.25, 0.3) is 22.8 Å². The van der Waals surface area contributed by atoms with Crippen molar-refractivity contribution in [3.05, 3.63) is 89.7 Å². The van der Waals surface area contributed by atoms with E-state index in [2.05, 4.69) is 34.6 Å². The van der Waals surface area contributed by atoms with E-state index in [1.54, 1.807) is 31.2 Å². The van der Waals surface area contributed by atoms with E-state index < -0.39 is 11.9 Å². The number of anilines is 1. The third-order valence-corrected chi connectivity index (χ3v) is 6.53. The molecule has 0 aliphatic rings. The summed E-state index contributed by atoms with van der Waals surface area (Å²) in [7, 11) is 0. The Morgan fingerprint density at radius 1 is 0.949 bits per heavy atom. The van der Waals surface area contributed by atoms with E-state index in [1.807, 2.05) is 36.4 Å². The van der Waals surface area contributed by atoms with E-state index in [0.29, 0.717) is 29.3 Å². The number of nitrogens with one attached hydrogen (secondary N) is 2. The van der Waals surface area contributed by atoms with Gasteiger partial charge >= 0.3 is 5.97 Å². The molecule has 3 aromatic carbocycles. The Hall–Kier alpha value is -4.53. The maximum Gasteiger partial charge on any atom is 0.308 e. The van der Waals surface area contributed by atoms with E-state index in [4.69, 9.17) is 9.63 Å². The van der Waals surface area contributed by atoms with E-state index in [9.17, 15) is 14.0 Å². The van der Waals surface area contributed by atoms with Crippen LogP contribution >= 0.6 is 0 Å². The van der Waals surface area contributed by atoms with Crippen LogP contribution < -0.4 is 10.6 Å². The average molecular weight is 531 g/mol. The fourth-order valence-electron chi connectivity index (χ4n) is 4.15. The lowest BCUT2D eigenvalue weighted by Gasteiger charge is -2.24. The summed E-state index contributed by atoms with van der Waals surface area (Å²) in [6.07, 6.45) is 0.447. The second kappa shape index (κ2) is 12.3. The van der Waals surface area contributed by atoms with Crippen LogP contribution in [0, 0.1) is 17.7 Å². The van der Waals surface area contributed by atoms with Gasteiger partial charge in [-0.05, 0) is 66.4 Å². The van der Waals surface area contributed by atoms with Crippen LogP contribution in [0.1, 0.15) is 49.2 Å². The predicted octanol–water partition coefficient (Wildman–Crippen LogP) is 6.19. The Labute approximate surface area is 226 Å². The van der Waals surface area contributed by atoms with Gasteiger partial charge < -0.3 is 20.3 Å². The molecule has 9 heteroatoms. The molecule has 2 atom stereocenters. The Morgan fingerprint density at radius 2 is 1.59 bits per heavy atom. The van der Waals surface area contributed by atoms with E-state index in [0.717, 1.165) is 16.8 Å². The highest BCUT2D eigenvalue weighted by Gasteiger charge is 2.19. The van der Waals surface area contributed by atoms with Crippen molar-refractivity contribution in [1.29, 1.82) is 0 Å². The molecule has 2 unspecified atom stereocenters. The molecule has 8 nitrogen and oxygen atoms in total. The minimum absolute atomic E-state index is 0.000324. The number of carbonyl (C=O) groups excluding carboxylic acids is 1. The molecule has 0 saturated heterocycles. The number of carbonyl (C=O) groups is 2. The first-order valence-electron chi connectivity index (χ1n) is 12.8. The smallest absolute Gasteiger partial charge is 0.308 e. The van der Waals surface area contributed by atoms with Gasteiger partial charge in [0.25, 0.3) is 11.8 Å². The second-order valence-electron chi connectivity index (χ2n) is 9.65. The molecule has 39 heavy (non-hydrogen) atoms. The number of halogens is 1. The van der Waals surface area contributed by atoms with Gasteiger partial charge in [-0.25, -0.2) is 4.39 Å². The summed E-state index contributed by atoms with van der Waals surface area (Å²) in [6, 6.07) is 20.9. The Bertz CT molecular complexity index is 1400. The van der Waals surface area contributed by atoms with Crippen LogP contribution in [-0.4, -0.2) is 33.7 Å². The molecule has 3 N–H and O–H groups in total. The summed E-state index contributed by atoms with van der Waals surface area (Å²) in [6.45, 7) is 6.11. The molecule has 4 rings (SSSR count). The number of aromatic nitrogens is 2. The summed E-state index contributed by atoms with van der Waals surface area (Å²) >= 11 is 0. The summed E-state index contributed by atoms with van der Waals surface area (Å²) in [5.74, 6) is -1.14. The fourth-order valence-corrected chi connectivity index (χ4v) is 4.15. The Kier molecular flexibility index (Phi) is 8.70. The highest BCUT2D eigenvalue weighted by Crippen LogP contribution is 2.29. The lowest BCUT2D eigenvalue weighted by atomic mass is 9.94. The number of hydrogen-bond donors (Lipinski definition) is 3. The average Bonchev–Trinajstić information content (AvgIpc) is 3.43. The topological polar surface area (TPSA) is 117 Å². The molecule has 4 aromatic rings. The lowest BCUT2D eigenvalue weighted by Crippen LogP contribution is -2.32. The largest absolute Gasteiger partial charge is 0.481 e. The number of amides is 1. The molecule has 1 aromatic heterocycles. The summed E-state index contributed by atoms with van der Waals surface area (Å²) in [4.78, 5) is 28.1. The molecule has 0 bridgehead atoms. The van der Waals surface area contributed by atoms with E-state index in [1.165, 1.54) is 12.1 Å². The molecular formula is C30H31FN4O4. The zero-order valence-corrected chi connectivity index (χ0v) is 22.0. The van der Waals surface area contributed by atoms with Gasteiger partial charge in [-0.15, -0.1) is 0 Å². The molecule has 0 spiro atoms. The van der Waals surface area contributed by atoms with E-state index >= 15 is 0 Å². The number of rotatable bonds is 11. The maximum absolute atomic E-state index is 13.2. The first kappa shape index (κ1) is 27.5. The molecule has 1 amide bonds. The van der Waals surface area contributed by atoms with Crippen molar-refractivity contribution in [1.82, 2.24) is 15.5 Å². The van der Waals surface area contributed by atoms with Gasteiger partial charge in [0.1, 0.15) is 5.82 Å². The van der Waals surface area contributed by atoms with Crippen molar-refractivity contribution >= 4 is 17.6 Å². The zero-order valence-electron chi connectivity index (χ0n) is 22.0. The highest BCUT2D eigenvalue weighted by atomic mass is 19.1. The molecule has 0 aliphatic carbocycles. The van der Waals surface area contributed by atoms with Crippen LogP contribution in [0.2, 0.25) is 0 Å². The second-order valence-corrected chi connectivity index (χ2v) is 9.65. The van der Waals surface area contributed by atoms with Gasteiger partial charge in [-0.1, -0.05) is 50.2 Å². The van der Waals surface area contributed by atoms with Crippen molar-refractivity contribution in [3.63, 3.8) is 0 Å². The first-order valence-corrected chi connectivity index (χ1v) is 12.8. The van der Waals surface area contributed by atoms with Crippen molar-refractivity contribution in [2.45, 2.75) is 33.2 Å². The normalized spacial score (nSPS) is 12.6. The summed E-state index contributed by atoms with van der Waals surface area (Å²) in [5, 5.41) is 19.5. The van der Waals surface area contributed by atoms with Crippen LogP contribution in [-0.2, 0) is 4.79 Å². The van der Waals surface area contributed by atoms with Crippen LogP contribution in [0.5, 0.6) is 0 Å². The number of nitrogens with zero attached hydrogens (tertiary/aromatic N) is 2. The monoisotopic (exact) mass is 530 g/mol. The van der Waals surface area contributed by atoms with Crippen LogP contribution in [0.15, 0.2) is 77.3 Å². The molecule has 0 fully saturated rings. The standard InChI is InChI=1S/C30H31FN4O4/c1-4-19(30(37)38)17-32-28(36)22-11-15-25(16-12-22)33-26(18(2)3)20-5-7-21(8-6-20)27-34-29(39-35-27)23-9-13-24(31)14-10-23/h5-16,18-19,26,33H,4,17H2,1-3H3,(H,32,36)(H,37,38). The molecule has 0 radical (unpaired) electrons. The minimum atomic E-state index is -0.919. The van der Waals surface area contributed by atoms with Crippen LogP contribution in [0.3, 0.4) is 0 Å². The molecule has 202 valence electrons. The highest BCUT2D eigenvalue weighted by molar-refractivity contribution is 5.94. The molecule has 0 aliphatic heterocycles. The van der Waals surface area contributed by atoms with Gasteiger partial charge in [0.2, 0.25) is 5.82 Å². The Balaban J connectivity index is 1.42. The molecule has 1 heterocycles. The third kappa shape index (κ3) is 6.87. The first-order chi connectivity index (χ1) is 18.7. The number of carboxylic acid groups (broad SMARTS) is 1. The summed E-state index contributed by atoms with van der Waals surface area (Å²) in [5.41, 5.74) is 3.82. The third-order valence-electron chi connectivity index (χ3n) is 6.53. The minimum Gasteiger partial charge on any atom is -0.481 e. The van der Waals surface area contributed by atoms with Gasteiger partial charge in [0, 0.05) is 28.9 Å². The number of hydrogen-bond acceptors (Lipinski definition) is 6. The van der Waals surface area contributed by atoms with Crippen molar-refractivity contribution in [3.8, 4) is 22.8 Å². The van der Waals surface area contributed by atoms with Crippen molar-refractivity contribution in [2.24, 2.45) is 11.8 Å². The van der Waals surface area contributed by atoms with E-state index in [-0.39, 0.29) is 30.2 Å². The van der Waals surface area contributed by atoms with Gasteiger partial charge in [-0.2, -0.15) is 4.98 Å². The molecule has 0 saturated carbocycles. The predicted molar refractivity (Wildman–Crippen MR) is 147 cm³/mol. The Morgan fingerprint density at radius 3 is 2.18 bits per heavy atom. The van der Waals surface area contributed by atoms with Gasteiger partial charge in [-0.3, -0.25) is 9.59 Å². The maximum atomic E-state index is 13.2. The number of aliphatic carboxylic acids is 1. The number of benzene rings is 3. The number of carboxylic acids is 1. The summed E-state index contributed by atoms with van der Waals surface area (Å²) < 4.78 is 18.6.